The number of nitrogens with zero attached hydrogens (tertiary/aromatic N) is 1. The fourth-order valence-electron chi connectivity index (χ4n) is 1.27. The lowest BCUT2D eigenvalue weighted by Crippen LogP contribution is -2.00. The van der Waals surface area contributed by atoms with E-state index in [2.05, 4.69) is 10.3 Å². The molecule has 0 bridgehead atoms. The summed E-state index contributed by atoms with van der Waals surface area (Å²) >= 11 is 0.541. The molecule has 7 heteroatoms. The van der Waals surface area contributed by atoms with Crippen LogP contribution < -0.4 is 5.32 Å². The quantitative estimate of drug-likeness (QED) is 0.860. The maximum atomic E-state index is 12.6. The third-order valence-electron chi connectivity index (χ3n) is 2.14. The second kappa shape index (κ2) is 4.93. The van der Waals surface area contributed by atoms with Gasteiger partial charge in [-0.2, -0.15) is 13.2 Å². The lowest BCUT2D eigenvalue weighted by molar-refractivity contribution is -0.134. The van der Waals surface area contributed by atoms with Gasteiger partial charge in [0.15, 0.2) is 5.13 Å². The van der Waals surface area contributed by atoms with E-state index in [1.807, 2.05) is 0 Å². The molecular formula is C11H8F4N2S. The highest BCUT2D eigenvalue weighted by Gasteiger charge is 2.33. The highest BCUT2D eigenvalue weighted by Crippen LogP contribution is 2.35. The molecule has 0 fully saturated rings. The second-order valence-corrected chi connectivity index (χ2v) is 4.54. The summed E-state index contributed by atoms with van der Waals surface area (Å²) in [6.45, 7) is 0.297. The van der Waals surface area contributed by atoms with Crippen LogP contribution in [0.1, 0.15) is 10.4 Å². The van der Waals surface area contributed by atoms with E-state index in [0.29, 0.717) is 17.9 Å². The Kier molecular flexibility index (Phi) is 3.51. The van der Waals surface area contributed by atoms with Gasteiger partial charge in [-0.3, -0.25) is 0 Å². The molecule has 0 saturated carbocycles. The van der Waals surface area contributed by atoms with E-state index in [1.54, 1.807) is 12.1 Å². The summed E-state index contributed by atoms with van der Waals surface area (Å²) in [5.74, 6) is -0.354. The molecule has 0 saturated heterocycles. The molecule has 96 valence electrons. The van der Waals surface area contributed by atoms with Crippen LogP contribution in [0.25, 0.3) is 0 Å². The fraction of sp³-hybridized carbons (Fsp3) is 0.182. The van der Waals surface area contributed by atoms with Gasteiger partial charge in [0.25, 0.3) is 0 Å². The third-order valence-corrected chi connectivity index (χ3v) is 3.14. The molecule has 0 aliphatic carbocycles. The predicted molar refractivity (Wildman–Crippen MR) is 60.8 cm³/mol. The number of hydrogen-bond acceptors (Lipinski definition) is 3. The number of alkyl halides is 3. The molecule has 0 aliphatic heterocycles. The van der Waals surface area contributed by atoms with Gasteiger partial charge in [0.05, 0.1) is 6.20 Å². The maximum absolute atomic E-state index is 12.6. The first-order chi connectivity index (χ1) is 8.45. The van der Waals surface area contributed by atoms with Crippen molar-refractivity contribution < 1.29 is 17.6 Å². The largest absolute Gasteiger partial charge is 0.427 e. The molecule has 2 aromatic rings. The number of anilines is 1. The lowest BCUT2D eigenvalue weighted by Gasteiger charge is -2.03. The molecule has 1 aromatic heterocycles. The van der Waals surface area contributed by atoms with E-state index in [-0.39, 0.29) is 10.9 Å². The van der Waals surface area contributed by atoms with Crippen LogP contribution in [0.4, 0.5) is 22.7 Å². The number of thiazole rings is 1. The molecule has 0 amide bonds. The van der Waals surface area contributed by atoms with Gasteiger partial charge >= 0.3 is 6.18 Å². The van der Waals surface area contributed by atoms with Crippen molar-refractivity contribution in [3.8, 4) is 0 Å². The Bertz CT molecular complexity index is 519. The minimum atomic E-state index is -4.37. The second-order valence-electron chi connectivity index (χ2n) is 3.51. The van der Waals surface area contributed by atoms with E-state index in [9.17, 15) is 17.6 Å². The summed E-state index contributed by atoms with van der Waals surface area (Å²) < 4.78 is 49.6. The van der Waals surface area contributed by atoms with Crippen LogP contribution in [0.15, 0.2) is 30.5 Å². The van der Waals surface area contributed by atoms with E-state index >= 15 is 0 Å². The van der Waals surface area contributed by atoms with E-state index in [4.69, 9.17) is 0 Å². The van der Waals surface area contributed by atoms with Gasteiger partial charge in [-0.1, -0.05) is 23.5 Å². The normalized spacial score (nSPS) is 11.6. The molecule has 18 heavy (non-hydrogen) atoms. The van der Waals surface area contributed by atoms with Crippen LogP contribution in [0, 0.1) is 5.82 Å². The van der Waals surface area contributed by atoms with Gasteiger partial charge in [-0.15, -0.1) is 0 Å². The Morgan fingerprint density at radius 1 is 1.17 bits per heavy atom. The number of nitrogens with one attached hydrogen (secondary N) is 1. The minimum absolute atomic E-state index is 0.187. The van der Waals surface area contributed by atoms with Crippen molar-refractivity contribution >= 4 is 16.5 Å². The Hall–Kier alpha value is -1.63. The van der Waals surface area contributed by atoms with Gasteiger partial charge in [0, 0.05) is 6.54 Å². The molecule has 1 N–H and O–H groups in total. The summed E-state index contributed by atoms with van der Waals surface area (Å²) in [6.07, 6.45) is -3.58. The standard InChI is InChI=1S/C11H8F4N2S/c12-8-3-1-7(2-4-8)5-16-10-17-6-9(18-10)11(13,14)15/h1-4,6H,5H2,(H,16,17). The molecule has 0 spiro atoms. The zero-order valence-electron chi connectivity index (χ0n) is 8.96. The third kappa shape index (κ3) is 3.19. The fourth-order valence-corrected chi connectivity index (χ4v) is 1.95. The van der Waals surface area contributed by atoms with E-state index in [1.165, 1.54) is 12.1 Å². The van der Waals surface area contributed by atoms with Crippen LogP contribution in [0.2, 0.25) is 0 Å². The average Bonchev–Trinajstić information content (AvgIpc) is 2.77. The Morgan fingerprint density at radius 3 is 2.39 bits per heavy atom. The first-order valence-electron chi connectivity index (χ1n) is 4.96. The molecule has 0 radical (unpaired) electrons. The van der Waals surface area contributed by atoms with Crippen LogP contribution in [-0.4, -0.2) is 4.98 Å². The van der Waals surface area contributed by atoms with Gasteiger partial charge in [-0.25, -0.2) is 9.37 Å². The molecule has 2 nitrogen and oxygen atoms in total. The summed E-state index contributed by atoms with van der Waals surface area (Å²) in [6, 6.07) is 5.70. The summed E-state index contributed by atoms with van der Waals surface area (Å²) in [5, 5.41) is 2.94. The summed E-state index contributed by atoms with van der Waals surface area (Å²) in [4.78, 5) is 2.88. The van der Waals surface area contributed by atoms with Crippen LogP contribution >= 0.6 is 11.3 Å². The predicted octanol–water partition coefficient (Wildman–Crippen LogP) is 3.91. The SMILES string of the molecule is Fc1ccc(CNc2ncc(C(F)(F)F)s2)cc1. The number of hydrogen-bond donors (Lipinski definition) is 1. The topological polar surface area (TPSA) is 24.9 Å². The molecule has 0 aliphatic rings. The number of halogens is 4. The van der Waals surface area contributed by atoms with E-state index in [0.717, 1.165) is 11.8 Å². The molecular weight excluding hydrogens is 268 g/mol. The van der Waals surface area contributed by atoms with Gasteiger partial charge in [0.2, 0.25) is 0 Å². The monoisotopic (exact) mass is 276 g/mol. The summed E-state index contributed by atoms with van der Waals surface area (Å²) in [5.41, 5.74) is 0.764. The smallest absolute Gasteiger partial charge is 0.357 e. The Morgan fingerprint density at radius 2 is 1.83 bits per heavy atom. The zero-order chi connectivity index (χ0) is 13.2. The maximum Gasteiger partial charge on any atom is 0.427 e. The number of rotatable bonds is 3. The van der Waals surface area contributed by atoms with Gasteiger partial charge < -0.3 is 5.32 Å². The van der Waals surface area contributed by atoms with Crippen molar-refractivity contribution in [1.29, 1.82) is 0 Å². The van der Waals surface area contributed by atoms with Crippen LogP contribution in [0.5, 0.6) is 0 Å². The average molecular weight is 276 g/mol. The van der Waals surface area contributed by atoms with Crippen molar-refractivity contribution in [2.75, 3.05) is 5.32 Å². The molecule has 1 aromatic carbocycles. The summed E-state index contributed by atoms with van der Waals surface area (Å²) in [7, 11) is 0. The van der Waals surface area contributed by atoms with Gasteiger partial charge in [0.1, 0.15) is 10.7 Å². The van der Waals surface area contributed by atoms with Crippen LogP contribution in [0.3, 0.4) is 0 Å². The van der Waals surface area contributed by atoms with Crippen molar-refractivity contribution in [3.63, 3.8) is 0 Å². The Balaban J connectivity index is 1.98. The zero-order valence-corrected chi connectivity index (χ0v) is 9.78. The van der Waals surface area contributed by atoms with Crippen molar-refractivity contribution in [3.05, 3.63) is 46.7 Å². The van der Waals surface area contributed by atoms with E-state index < -0.39 is 11.1 Å². The Labute approximate surface area is 104 Å². The van der Waals surface area contributed by atoms with Crippen molar-refractivity contribution in [1.82, 2.24) is 4.98 Å². The first kappa shape index (κ1) is 12.8. The lowest BCUT2D eigenvalue weighted by atomic mass is 10.2. The highest BCUT2D eigenvalue weighted by atomic mass is 32.1. The first-order valence-corrected chi connectivity index (χ1v) is 5.78. The molecule has 1 heterocycles. The van der Waals surface area contributed by atoms with Crippen LogP contribution in [-0.2, 0) is 12.7 Å². The minimum Gasteiger partial charge on any atom is -0.357 e. The van der Waals surface area contributed by atoms with Crippen molar-refractivity contribution in [2.24, 2.45) is 0 Å². The number of benzene rings is 1. The molecule has 0 atom stereocenters. The van der Waals surface area contributed by atoms with Gasteiger partial charge in [-0.05, 0) is 17.7 Å². The van der Waals surface area contributed by atoms with Crippen molar-refractivity contribution in [2.45, 2.75) is 12.7 Å². The number of aromatic nitrogens is 1. The molecule has 2 rings (SSSR count). The highest BCUT2D eigenvalue weighted by molar-refractivity contribution is 7.15. The molecule has 0 unspecified atom stereocenters.